The Hall–Kier alpha value is -0.420. The second-order valence-electron chi connectivity index (χ2n) is 6.32. The monoisotopic (exact) mass is 353 g/mol. The van der Waals surface area contributed by atoms with Crippen LogP contribution in [-0.2, 0) is 13.1 Å². The minimum absolute atomic E-state index is 0.826. The molecule has 0 radical (unpaired) electrons. The van der Waals surface area contributed by atoms with Crippen molar-refractivity contribution in [2.24, 2.45) is 5.92 Å². The van der Waals surface area contributed by atoms with Gasteiger partial charge in [-0.3, -0.25) is 0 Å². The molecule has 118 valence electrons. The largest absolute Gasteiger partial charge is 0.313 e. The molecule has 0 aliphatic carbocycles. The van der Waals surface area contributed by atoms with Gasteiger partial charge < -0.3 is 15.1 Å². The molecular formula is C17H28BrN3. The van der Waals surface area contributed by atoms with Crippen LogP contribution in [0.3, 0.4) is 0 Å². The zero-order chi connectivity index (χ0) is 15.2. The Labute approximate surface area is 137 Å². The summed E-state index contributed by atoms with van der Waals surface area (Å²) in [7, 11) is 4.46. The first-order valence-electron chi connectivity index (χ1n) is 7.93. The molecule has 0 bridgehead atoms. The van der Waals surface area contributed by atoms with E-state index in [0.717, 1.165) is 25.6 Å². The average molecular weight is 354 g/mol. The van der Waals surface area contributed by atoms with Crippen molar-refractivity contribution in [1.29, 1.82) is 0 Å². The second-order valence-corrected chi connectivity index (χ2v) is 7.17. The van der Waals surface area contributed by atoms with Gasteiger partial charge in [-0.15, -0.1) is 0 Å². The summed E-state index contributed by atoms with van der Waals surface area (Å²) in [5, 5.41) is 3.37. The predicted molar refractivity (Wildman–Crippen MR) is 93.5 cm³/mol. The Morgan fingerprint density at radius 3 is 2.86 bits per heavy atom. The highest BCUT2D eigenvalue weighted by Gasteiger charge is 2.20. The van der Waals surface area contributed by atoms with E-state index in [1.807, 2.05) is 0 Å². The molecule has 1 atom stereocenters. The van der Waals surface area contributed by atoms with Crippen molar-refractivity contribution in [3.05, 3.63) is 33.8 Å². The van der Waals surface area contributed by atoms with E-state index in [0.29, 0.717) is 0 Å². The molecule has 21 heavy (non-hydrogen) atoms. The fourth-order valence-electron chi connectivity index (χ4n) is 3.07. The summed E-state index contributed by atoms with van der Waals surface area (Å²) >= 11 is 3.73. The SMILES string of the molecule is CCNCc1ccc(CN(C)CC2CCN(C)C2)c(Br)c1. The van der Waals surface area contributed by atoms with E-state index in [2.05, 4.69) is 70.3 Å². The lowest BCUT2D eigenvalue weighted by molar-refractivity contribution is 0.267. The molecule has 3 nitrogen and oxygen atoms in total. The first-order chi connectivity index (χ1) is 10.1. The van der Waals surface area contributed by atoms with Crippen LogP contribution < -0.4 is 5.32 Å². The van der Waals surface area contributed by atoms with Crippen molar-refractivity contribution >= 4 is 15.9 Å². The number of likely N-dealkylation sites (tertiary alicyclic amines) is 1. The topological polar surface area (TPSA) is 18.5 Å². The zero-order valence-electron chi connectivity index (χ0n) is 13.5. The number of benzene rings is 1. The number of nitrogens with zero attached hydrogens (tertiary/aromatic N) is 2. The van der Waals surface area contributed by atoms with Gasteiger partial charge in [-0.2, -0.15) is 0 Å². The summed E-state index contributed by atoms with van der Waals surface area (Å²) < 4.78 is 1.23. The highest BCUT2D eigenvalue weighted by molar-refractivity contribution is 9.10. The quantitative estimate of drug-likeness (QED) is 0.812. The minimum Gasteiger partial charge on any atom is -0.313 e. The molecule has 0 saturated carbocycles. The third-order valence-electron chi connectivity index (χ3n) is 4.20. The number of halogens is 1. The van der Waals surface area contributed by atoms with Gasteiger partial charge in [0.05, 0.1) is 0 Å². The summed E-state index contributed by atoms with van der Waals surface area (Å²) in [6.07, 6.45) is 1.34. The number of hydrogen-bond acceptors (Lipinski definition) is 3. The van der Waals surface area contributed by atoms with Gasteiger partial charge in [0.2, 0.25) is 0 Å². The van der Waals surface area contributed by atoms with Crippen molar-refractivity contribution in [1.82, 2.24) is 15.1 Å². The first kappa shape index (κ1) is 16.9. The fraction of sp³-hybridized carbons (Fsp3) is 0.647. The third kappa shape index (κ3) is 5.37. The molecular weight excluding hydrogens is 326 g/mol. The molecule has 0 amide bonds. The molecule has 1 aromatic rings. The van der Waals surface area contributed by atoms with Crippen LogP contribution in [0.4, 0.5) is 0 Å². The Morgan fingerprint density at radius 1 is 1.43 bits per heavy atom. The van der Waals surface area contributed by atoms with Gasteiger partial charge in [0.1, 0.15) is 0 Å². The van der Waals surface area contributed by atoms with E-state index in [1.165, 1.54) is 41.7 Å². The Kier molecular flexibility index (Phi) is 6.68. The van der Waals surface area contributed by atoms with E-state index in [-0.39, 0.29) is 0 Å². The van der Waals surface area contributed by atoms with E-state index >= 15 is 0 Å². The normalized spacial score (nSPS) is 19.6. The van der Waals surface area contributed by atoms with Crippen molar-refractivity contribution < 1.29 is 0 Å². The maximum Gasteiger partial charge on any atom is 0.0242 e. The highest BCUT2D eigenvalue weighted by Crippen LogP contribution is 2.21. The van der Waals surface area contributed by atoms with E-state index in [9.17, 15) is 0 Å². The van der Waals surface area contributed by atoms with Gasteiger partial charge in [0.15, 0.2) is 0 Å². The Morgan fingerprint density at radius 2 is 2.24 bits per heavy atom. The van der Waals surface area contributed by atoms with Crippen LogP contribution in [0.15, 0.2) is 22.7 Å². The van der Waals surface area contributed by atoms with Crippen molar-refractivity contribution in [2.45, 2.75) is 26.4 Å². The molecule has 1 N–H and O–H groups in total. The molecule has 2 rings (SSSR count). The summed E-state index contributed by atoms with van der Waals surface area (Å²) in [5.41, 5.74) is 2.72. The smallest absolute Gasteiger partial charge is 0.0242 e. The van der Waals surface area contributed by atoms with Crippen LogP contribution in [0, 0.1) is 5.92 Å². The van der Waals surface area contributed by atoms with Crippen LogP contribution in [0.5, 0.6) is 0 Å². The molecule has 4 heteroatoms. The average Bonchev–Trinajstić information content (AvgIpc) is 2.84. The highest BCUT2D eigenvalue weighted by atomic mass is 79.9. The zero-order valence-corrected chi connectivity index (χ0v) is 15.1. The van der Waals surface area contributed by atoms with Crippen LogP contribution in [0.25, 0.3) is 0 Å². The molecule has 1 aromatic carbocycles. The molecule has 0 aromatic heterocycles. The fourth-order valence-corrected chi connectivity index (χ4v) is 3.62. The van der Waals surface area contributed by atoms with Gasteiger partial charge in [-0.05, 0) is 56.7 Å². The summed E-state index contributed by atoms with van der Waals surface area (Å²) in [6.45, 7) is 8.79. The van der Waals surface area contributed by atoms with Gasteiger partial charge in [0.25, 0.3) is 0 Å². The minimum atomic E-state index is 0.826. The van der Waals surface area contributed by atoms with Gasteiger partial charge in [-0.1, -0.05) is 35.0 Å². The Bertz CT molecular complexity index is 450. The maximum absolute atomic E-state index is 3.73. The van der Waals surface area contributed by atoms with Crippen molar-refractivity contribution in [3.63, 3.8) is 0 Å². The van der Waals surface area contributed by atoms with Gasteiger partial charge >= 0.3 is 0 Å². The number of hydrogen-bond donors (Lipinski definition) is 1. The summed E-state index contributed by atoms with van der Waals surface area (Å²) in [5.74, 6) is 0.826. The summed E-state index contributed by atoms with van der Waals surface area (Å²) in [6, 6.07) is 6.74. The third-order valence-corrected chi connectivity index (χ3v) is 4.93. The first-order valence-corrected chi connectivity index (χ1v) is 8.73. The van der Waals surface area contributed by atoms with Crippen LogP contribution in [-0.4, -0.2) is 50.1 Å². The summed E-state index contributed by atoms with van der Waals surface area (Å²) in [4.78, 5) is 4.89. The lowest BCUT2D eigenvalue weighted by Gasteiger charge is -2.21. The molecule has 0 spiro atoms. The standard InChI is InChI=1S/C17H28BrN3/c1-4-19-10-14-5-6-16(17(18)9-14)13-21(3)12-15-7-8-20(2)11-15/h5-6,9,15,19H,4,7-8,10-13H2,1-3H3. The molecule has 1 saturated heterocycles. The van der Waals surface area contributed by atoms with E-state index < -0.39 is 0 Å². The van der Waals surface area contributed by atoms with E-state index in [4.69, 9.17) is 0 Å². The maximum atomic E-state index is 3.73. The lowest BCUT2D eigenvalue weighted by Crippen LogP contribution is -2.27. The molecule has 1 heterocycles. The second kappa shape index (κ2) is 8.28. The molecule has 1 aliphatic rings. The van der Waals surface area contributed by atoms with Crippen molar-refractivity contribution in [2.75, 3.05) is 40.3 Å². The van der Waals surface area contributed by atoms with E-state index in [1.54, 1.807) is 0 Å². The molecule has 1 fully saturated rings. The van der Waals surface area contributed by atoms with Crippen LogP contribution in [0.1, 0.15) is 24.5 Å². The van der Waals surface area contributed by atoms with Crippen LogP contribution >= 0.6 is 15.9 Å². The number of rotatable bonds is 7. The number of nitrogens with one attached hydrogen (secondary N) is 1. The van der Waals surface area contributed by atoms with Gasteiger partial charge in [-0.25, -0.2) is 0 Å². The van der Waals surface area contributed by atoms with Gasteiger partial charge in [0, 0.05) is 30.7 Å². The van der Waals surface area contributed by atoms with Crippen molar-refractivity contribution in [3.8, 4) is 0 Å². The predicted octanol–water partition coefficient (Wildman–Crippen LogP) is 2.94. The Balaban J connectivity index is 1.86. The molecule has 1 unspecified atom stereocenters. The molecule has 1 aliphatic heterocycles. The lowest BCUT2D eigenvalue weighted by atomic mass is 10.1. The van der Waals surface area contributed by atoms with Crippen LogP contribution in [0.2, 0.25) is 0 Å².